The maximum absolute atomic E-state index is 11.7. The zero-order chi connectivity index (χ0) is 15.3. The van der Waals surface area contributed by atoms with Crippen LogP contribution in [-0.2, 0) is 11.3 Å². The number of hydrogen-bond donors (Lipinski definition) is 3. The highest BCUT2D eigenvalue weighted by molar-refractivity contribution is 5.77. The molecule has 4 N–H and O–H groups in total. The maximum atomic E-state index is 11.7. The molecule has 0 spiro atoms. The van der Waals surface area contributed by atoms with Crippen LogP contribution in [0.3, 0.4) is 0 Å². The largest absolute Gasteiger partial charge is 0.394 e. The molecule has 6 nitrogen and oxygen atoms in total. The average Bonchev–Trinajstić information content (AvgIpc) is 2.55. The van der Waals surface area contributed by atoms with E-state index in [1.165, 1.54) is 0 Å². The van der Waals surface area contributed by atoms with Crippen molar-refractivity contribution in [3.05, 3.63) is 5.69 Å². The van der Waals surface area contributed by atoms with Crippen molar-refractivity contribution in [3.8, 4) is 0 Å². The zero-order valence-corrected chi connectivity index (χ0v) is 13.2. The van der Waals surface area contributed by atoms with Gasteiger partial charge in [0.15, 0.2) is 0 Å². The summed E-state index contributed by atoms with van der Waals surface area (Å²) in [4.78, 5) is 11.7. The average molecular weight is 281 g/mol. The van der Waals surface area contributed by atoms with Crippen LogP contribution < -0.4 is 16.4 Å². The van der Waals surface area contributed by atoms with Crippen LogP contribution >= 0.6 is 0 Å². The Kier molecular flexibility index (Phi) is 5.42. The van der Waals surface area contributed by atoms with Crippen molar-refractivity contribution in [3.63, 3.8) is 0 Å². The topological polar surface area (TPSA) is 85.0 Å². The van der Waals surface area contributed by atoms with Gasteiger partial charge in [-0.2, -0.15) is 5.10 Å². The number of hydrogen-bond acceptors (Lipinski definition) is 4. The van der Waals surface area contributed by atoms with E-state index in [4.69, 9.17) is 5.73 Å². The molecule has 0 radical (unpaired) electrons. The summed E-state index contributed by atoms with van der Waals surface area (Å²) in [6, 6.07) is 0. The summed E-state index contributed by atoms with van der Waals surface area (Å²) in [6.07, 6.45) is 1.40. The van der Waals surface area contributed by atoms with Crippen molar-refractivity contribution in [2.24, 2.45) is 0 Å². The summed E-state index contributed by atoms with van der Waals surface area (Å²) in [7, 11) is 0. The molecule has 0 saturated carbocycles. The number of anilines is 2. The summed E-state index contributed by atoms with van der Waals surface area (Å²) >= 11 is 0. The highest BCUT2D eigenvalue weighted by atomic mass is 16.1. The summed E-state index contributed by atoms with van der Waals surface area (Å²) in [6.45, 7) is 11.2. The van der Waals surface area contributed by atoms with Gasteiger partial charge in [-0.15, -0.1) is 0 Å². The Labute approximate surface area is 121 Å². The predicted molar refractivity (Wildman–Crippen MR) is 82.7 cm³/mol. The molecule has 0 fully saturated rings. The number of nitrogen functional groups attached to an aromatic ring is 1. The van der Waals surface area contributed by atoms with Gasteiger partial charge in [0.25, 0.3) is 0 Å². The molecule has 20 heavy (non-hydrogen) atoms. The van der Waals surface area contributed by atoms with Gasteiger partial charge in [0.05, 0.1) is 11.4 Å². The SMILES string of the molecule is CCCn1nc(C)c(N)c1NCCC(=O)NC(C)(C)C. The first-order valence-corrected chi connectivity index (χ1v) is 7.12. The van der Waals surface area contributed by atoms with Crippen molar-refractivity contribution >= 4 is 17.4 Å². The van der Waals surface area contributed by atoms with Gasteiger partial charge in [0.1, 0.15) is 5.82 Å². The Morgan fingerprint density at radius 1 is 1.40 bits per heavy atom. The standard InChI is InChI=1S/C14H27N5O/c1-6-9-19-13(12(15)10(2)18-19)16-8-7-11(20)17-14(3,4)5/h16H,6-9,15H2,1-5H3,(H,17,20). The zero-order valence-electron chi connectivity index (χ0n) is 13.2. The number of amides is 1. The molecule has 0 saturated heterocycles. The van der Waals surface area contributed by atoms with Crippen LogP contribution in [-0.4, -0.2) is 27.8 Å². The van der Waals surface area contributed by atoms with Crippen LogP contribution in [0.5, 0.6) is 0 Å². The number of nitrogens with one attached hydrogen (secondary N) is 2. The molecule has 1 amide bonds. The quantitative estimate of drug-likeness (QED) is 0.743. The van der Waals surface area contributed by atoms with Crippen LogP contribution in [0.2, 0.25) is 0 Å². The molecule has 1 heterocycles. The van der Waals surface area contributed by atoms with Gasteiger partial charge >= 0.3 is 0 Å². The van der Waals surface area contributed by atoms with E-state index in [0.29, 0.717) is 18.7 Å². The molecule has 0 aliphatic rings. The molecule has 114 valence electrons. The summed E-state index contributed by atoms with van der Waals surface area (Å²) in [5.74, 6) is 0.842. The Bertz CT molecular complexity index is 459. The lowest BCUT2D eigenvalue weighted by Crippen LogP contribution is -2.41. The summed E-state index contributed by atoms with van der Waals surface area (Å²) < 4.78 is 1.87. The van der Waals surface area contributed by atoms with Gasteiger partial charge in [0.2, 0.25) is 5.91 Å². The third-order valence-electron chi connectivity index (χ3n) is 2.77. The minimum atomic E-state index is -0.198. The minimum Gasteiger partial charge on any atom is -0.394 e. The van der Waals surface area contributed by atoms with Crippen molar-refractivity contribution in [1.82, 2.24) is 15.1 Å². The fourth-order valence-electron chi connectivity index (χ4n) is 1.93. The van der Waals surface area contributed by atoms with E-state index in [2.05, 4.69) is 22.7 Å². The van der Waals surface area contributed by atoms with E-state index in [0.717, 1.165) is 24.5 Å². The fraction of sp³-hybridized carbons (Fsp3) is 0.714. The van der Waals surface area contributed by atoms with E-state index in [9.17, 15) is 4.79 Å². The molecule has 0 aromatic carbocycles. The third kappa shape index (κ3) is 4.75. The maximum Gasteiger partial charge on any atom is 0.222 e. The molecule has 0 aliphatic carbocycles. The minimum absolute atomic E-state index is 0.0295. The lowest BCUT2D eigenvalue weighted by molar-refractivity contribution is -0.122. The number of aromatic nitrogens is 2. The lowest BCUT2D eigenvalue weighted by atomic mass is 10.1. The van der Waals surface area contributed by atoms with Gasteiger partial charge in [-0.1, -0.05) is 6.92 Å². The smallest absolute Gasteiger partial charge is 0.222 e. The highest BCUT2D eigenvalue weighted by Crippen LogP contribution is 2.22. The van der Waals surface area contributed by atoms with Crippen molar-refractivity contribution in [2.75, 3.05) is 17.6 Å². The first kappa shape index (κ1) is 16.3. The summed E-state index contributed by atoms with van der Waals surface area (Å²) in [5, 5.41) is 10.5. The number of carbonyl (C=O) groups excluding carboxylic acids is 1. The second kappa shape index (κ2) is 6.63. The van der Waals surface area contributed by atoms with Gasteiger partial charge in [0, 0.05) is 25.0 Å². The molecule has 0 bridgehead atoms. The fourth-order valence-corrected chi connectivity index (χ4v) is 1.93. The number of nitrogens with zero attached hydrogens (tertiary/aromatic N) is 2. The number of carbonyl (C=O) groups is 1. The molecule has 1 aromatic heterocycles. The molecule has 6 heteroatoms. The molecule has 1 rings (SSSR count). The molecule has 1 aromatic rings. The van der Waals surface area contributed by atoms with E-state index >= 15 is 0 Å². The molecule has 0 unspecified atom stereocenters. The van der Waals surface area contributed by atoms with Crippen LogP contribution in [0, 0.1) is 6.92 Å². The van der Waals surface area contributed by atoms with Gasteiger partial charge < -0.3 is 16.4 Å². The number of nitrogens with two attached hydrogens (primary N) is 1. The van der Waals surface area contributed by atoms with Crippen LogP contribution in [0.15, 0.2) is 0 Å². The van der Waals surface area contributed by atoms with Gasteiger partial charge in [-0.3, -0.25) is 4.79 Å². The van der Waals surface area contributed by atoms with E-state index in [1.54, 1.807) is 0 Å². The van der Waals surface area contributed by atoms with Crippen LogP contribution in [0.4, 0.5) is 11.5 Å². The highest BCUT2D eigenvalue weighted by Gasteiger charge is 2.15. The lowest BCUT2D eigenvalue weighted by Gasteiger charge is -2.20. The van der Waals surface area contributed by atoms with Gasteiger partial charge in [-0.05, 0) is 34.1 Å². The Balaban J connectivity index is 2.55. The molecular formula is C14H27N5O. The van der Waals surface area contributed by atoms with Crippen LogP contribution in [0.25, 0.3) is 0 Å². The van der Waals surface area contributed by atoms with E-state index < -0.39 is 0 Å². The Morgan fingerprint density at radius 2 is 2.05 bits per heavy atom. The summed E-state index contributed by atoms with van der Waals surface area (Å²) in [5.41, 5.74) is 7.29. The second-order valence-electron chi connectivity index (χ2n) is 6.05. The number of rotatable bonds is 6. The predicted octanol–water partition coefficient (Wildman–Crippen LogP) is 1.90. The van der Waals surface area contributed by atoms with Gasteiger partial charge in [-0.25, -0.2) is 4.68 Å². The van der Waals surface area contributed by atoms with Crippen molar-refractivity contribution < 1.29 is 4.79 Å². The Morgan fingerprint density at radius 3 is 2.60 bits per heavy atom. The first-order chi connectivity index (χ1) is 9.24. The van der Waals surface area contributed by atoms with Crippen molar-refractivity contribution in [1.29, 1.82) is 0 Å². The van der Waals surface area contributed by atoms with Crippen molar-refractivity contribution in [2.45, 2.75) is 59.5 Å². The second-order valence-corrected chi connectivity index (χ2v) is 6.05. The normalized spacial score (nSPS) is 11.4. The Hall–Kier alpha value is -1.72. The van der Waals surface area contributed by atoms with E-state index in [-0.39, 0.29) is 11.4 Å². The molecular weight excluding hydrogens is 254 g/mol. The van der Waals surface area contributed by atoms with E-state index in [1.807, 2.05) is 32.4 Å². The first-order valence-electron chi connectivity index (χ1n) is 7.12. The number of aryl methyl sites for hydroxylation is 2. The third-order valence-corrected chi connectivity index (χ3v) is 2.77. The monoisotopic (exact) mass is 281 g/mol. The molecule has 0 aliphatic heterocycles. The molecule has 0 atom stereocenters. The van der Waals surface area contributed by atoms with Crippen LogP contribution in [0.1, 0.15) is 46.2 Å².